The van der Waals surface area contributed by atoms with E-state index in [9.17, 15) is 28.0 Å². The van der Waals surface area contributed by atoms with Crippen LogP contribution >= 0.6 is 0 Å². The van der Waals surface area contributed by atoms with Gasteiger partial charge in [-0.25, -0.2) is 23.1 Å². The molecule has 4 aromatic heterocycles. The minimum absolute atomic E-state index is 0.0175. The summed E-state index contributed by atoms with van der Waals surface area (Å²) in [5.41, 5.74) is 2.18. The Bertz CT molecular complexity index is 2510. The fourth-order valence-corrected chi connectivity index (χ4v) is 9.86. The van der Waals surface area contributed by atoms with Gasteiger partial charge in [-0.1, -0.05) is 6.07 Å². The van der Waals surface area contributed by atoms with E-state index >= 15 is 0 Å². The minimum atomic E-state index is -2.87. The van der Waals surface area contributed by atoms with Crippen LogP contribution in [0.15, 0.2) is 47.7 Å². The number of anilines is 3. The number of imidazole rings is 1. The van der Waals surface area contributed by atoms with Gasteiger partial charge < -0.3 is 24.8 Å². The van der Waals surface area contributed by atoms with E-state index in [1.165, 1.54) is 21.5 Å². The Morgan fingerprint density at radius 2 is 1.82 bits per heavy atom. The topological polar surface area (TPSA) is 169 Å². The Morgan fingerprint density at radius 3 is 2.56 bits per heavy atom. The van der Waals surface area contributed by atoms with E-state index in [1.54, 1.807) is 22.5 Å². The maximum absolute atomic E-state index is 14.3. The molecule has 1 saturated carbocycles. The number of alkyl halides is 2. The average Bonchev–Trinajstić information content (AvgIpc) is 3.95. The summed E-state index contributed by atoms with van der Waals surface area (Å²) >= 11 is 0. The number of imide groups is 1. The standard InChI is InChI=1S/C42H52F2N12O5/c1-25-22-53(19-20-61-25)34-15-18-54-39(47-34)29(21-45-54)40(58)46-30-24-55(49-36(30)38(43)44)28-9-7-26(8-10-28)23-50(2)27-13-16-52(17-14-27)31-5-4-6-32-37(31)51(3)42(60)56(32)33-11-12-35(57)48-41(33)59/h4-6,15,18,21,24-28,33,38H,7-14,16-17,19-20,22-23H2,1-3H3,(H,46,58)(H,48,57,59)/t25?,26-,28-,33?. The minimum Gasteiger partial charge on any atom is -0.375 e. The quantitative estimate of drug-likeness (QED) is 0.192. The van der Waals surface area contributed by atoms with Crippen LogP contribution in [-0.2, 0) is 21.4 Å². The fourth-order valence-electron chi connectivity index (χ4n) is 9.86. The number of ether oxygens (including phenoxy) is 1. The number of para-hydroxylation sites is 1. The lowest BCUT2D eigenvalue weighted by molar-refractivity contribution is -0.135. The van der Waals surface area contributed by atoms with Crippen LogP contribution in [0.4, 0.5) is 26.0 Å². The first-order valence-corrected chi connectivity index (χ1v) is 21.3. The predicted octanol–water partition coefficient (Wildman–Crippen LogP) is 4.30. The van der Waals surface area contributed by atoms with Gasteiger partial charge in [-0.05, 0) is 83.0 Å². The molecule has 5 aromatic rings. The molecule has 3 amide bonds. The molecule has 2 N–H and O–H groups in total. The summed E-state index contributed by atoms with van der Waals surface area (Å²) < 4.78 is 40.6. The lowest BCUT2D eigenvalue weighted by atomic mass is 9.85. The number of carbonyl (C=O) groups is 3. The van der Waals surface area contributed by atoms with E-state index in [-0.39, 0.29) is 47.8 Å². The number of morpholine rings is 1. The molecule has 0 bridgehead atoms. The highest BCUT2D eigenvalue weighted by Crippen LogP contribution is 2.37. The van der Waals surface area contributed by atoms with E-state index in [4.69, 9.17) is 9.72 Å². The monoisotopic (exact) mass is 842 g/mol. The number of halogens is 2. The molecule has 0 spiro atoms. The highest BCUT2D eigenvalue weighted by Gasteiger charge is 2.34. The molecule has 9 rings (SSSR count). The van der Waals surface area contributed by atoms with E-state index < -0.39 is 30.0 Å². The second-order valence-corrected chi connectivity index (χ2v) is 17.1. The maximum atomic E-state index is 14.3. The van der Waals surface area contributed by atoms with Crippen LogP contribution in [-0.4, -0.2) is 115 Å². The largest absolute Gasteiger partial charge is 0.375 e. The Kier molecular flexibility index (Phi) is 11.1. The number of amides is 3. The van der Waals surface area contributed by atoms with Crippen molar-refractivity contribution in [3.63, 3.8) is 0 Å². The molecule has 4 aliphatic rings. The van der Waals surface area contributed by atoms with Crippen LogP contribution < -0.4 is 26.1 Å². The molecule has 7 heterocycles. The Balaban J connectivity index is 0.801. The molecule has 2 unspecified atom stereocenters. The first-order valence-electron chi connectivity index (χ1n) is 21.3. The molecule has 1 aliphatic carbocycles. The third kappa shape index (κ3) is 7.88. The molecule has 0 radical (unpaired) electrons. The number of carbonyl (C=O) groups excluding carboxylic acids is 3. The van der Waals surface area contributed by atoms with Gasteiger partial charge in [-0.3, -0.25) is 33.5 Å². The van der Waals surface area contributed by atoms with Crippen molar-refractivity contribution < 1.29 is 27.9 Å². The normalized spacial score (nSPS) is 23.1. The number of hydrogen-bond acceptors (Lipinski definition) is 11. The summed E-state index contributed by atoms with van der Waals surface area (Å²) in [7, 11) is 3.91. The second-order valence-electron chi connectivity index (χ2n) is 17.1. The number of nitrogens with one attached hydrogen (secondary N) is 2. The van der Waals surface area contributed by atoms with Crippen LogP contribution in [0.25, 0.3) is 16.7 Å². The highest BCUT2D eigenvalue weighted by molar-refractivity contribution is 6.08. The van der Waals surface area contributed by atoms with Crippen LogP contribution in [0.5, 0.6) is 0 Å². The molecule has 2 atom stereocenters. The molecule has 3 aliphatic heterocycles. The van der Waals surface area contributed by atoms with Gasteiger partial charge in [0.1, 0.15) is 17.4 Å². The van der Waals surface area contributed by atoms with Crippen molar-refractivity contribution in [1.82, 2.24) is 43.7 Å². The van der Waals surface area contributed by atoms with Crippen LogP contribution in [0.1, 0.15) is 92.9 Å². The van der Waals surface area contributed by atoms with Gasteiger partial charge >= 0.3 is 5.69 Å². The first kappa shape index (κ1) is 40.7. The highest BCUT2D eigenvalue weighted by atomic mass is 19.3. The summed E-state index contributed by atoms with van der Waals surface area (Å²) in [5, 5.41) is 13.6. The summed E-state index contributed by atoms with van der Waals surface area (Å²) in [4.78, 5) is 63.1. The third-order valence-electron chi connectivity index (χ3n) is 13.1. The number of aromatic nitrogens is 7. The summed E-state index contributed by atoms with van der Waals surface area (Å²) in [6, 6.07) is 7.24. The van der Waals surface area contributed by atoms with Gasteiger partial charge in [0, 0.05) is 64.6 Å². The summed E-state index contributed by atoms with van der Waals surface area (Å²) in [6.07, 6.45) is 7.64. The number of fused-ring (bicyclic) bond motifs is 2. The van der Waals surface area contributed by atoms with Crippen LogP contribution in [0, 0.1) is 5.92 Å². The molecule has 324 valence electrons. The van der Waals surface area contributed by atoms with Crippen LogP contribution in [0.3, 0.4) is 0 Å². The van der Waals surface area contributed by atoms with Crippen LogP contribution in [0.2, 0.25) is 0 Å². The third-order valence-corrected chi connectivity index (χ3v) is 13.1. The summed E-state index contributed by atoms with van der Waals surface area (Å²) in [6.45, 7) is 6.44. The van der Waals surface area contributed by atoms with Gasteiger partial charge in [0.25, 0.3) is 12.3 Å². The van der Waals surface area contributed by atoms with Gasteiger partial charge in [-0.2, -0.15) is 10.2 Å². The molecule has 3 saturated heterocycles. The lowest BCUT2D eigenvalue weighted by Gasteiger charge is -2.40. The average molecular weight is 843 g/mol. The van der Waals surface area contributed by atoms with Gasteiger partial charge in [0.15, 0.2) is 11.3 Å². The smallest absolute Gasteiger partial charge is 0.329 e. The number of benzene rings is 1. The zero-order chi connectivity index (χ0) is 42.5. The fraction of sp³-hybridized carbons (Fsp3) is 0.548. The Labute approximate surface area is 350 Å². The van der Waals surface area contributed by atoms with Gasteiger partial charge in [0.2, 0.25) is 11.8 Å². The Hall–Kier alpha value is -5.69. The SMILES string of the molecule is CC1CN(c2ccn3ncc(C(=O)Nc4cn([C@H]5CC[C@H](CN(C)C6CCN(c7cccc8c7n(C)c(=O)n8C7CCC(=O)NC7=O)CC6)CC5)nc4C(F)F)c3n2)CCO1. The van der Waals surface area contributed by atoms with Gasteiger partial charge in [0.05, 0.1) is 47.4 Å². The number of hydrogen-bond donors (Lipinski definition) is 2. The predicted molar refractivity (Wildman–Crippen MR) is 223 cm³/mol. The van der Waals surface area contributed by atoms with E-state index in [1.807, 2.05) is 31.2 Å². The molecule has 61 heavy (non-hydrogen) atoms. The van der Waals surface area contributed by atoms with Gasteiger partial charge in [-0.15, -0.1) is 0 Å². The first-order chi connectivity index (χ1) is 29.4. The molecule has 4 fully saturated rings. The zero-order valence-electron chi connectivity index (χ0n) is 34.7. The van der Waals surface area contributed by atoms with Crippen molar-refractivity contribution in [1.29, 1.82) is 0 Å². The molecule has 19 heteroatoms. The molecule has 17 nitrogen and oxygen atoms in total. The Morgan fingerprint density at radius 1 is 1.03 bits per heavy atom. The molecular formula is C42H52F2N12O5. The number of rotatable bonds is 10. The van der Waals surface area contributed by atoms with Crippen molar-refractivity contribution >= 4 is 51.6 Å². The van der Waals surface area contributed by atoms with E-state index in [2.05, 4.69) is 42.6 Å². The number of aryl methyl sites for hydroxylation is 1. The summed E-state index contributed by atoms with van der Waals surface area (Å²) in [5.74, 6) is -0.209. The van der Waals surface area contributed by atoms with Crippen molar-refractivity contribution in [2.24, 2.45) is 13.0 Å². The number of nitrogens with zero attached hydrogens (tertiary/aromatic N) is 10. The van der Waals surface area contributed by atoms with Crippen molar-refractivity contribution in [3.05, 3.63) is 64.6 Å². The maximum Gasteiger partial charge on any atom is 0.329 e. The van der Waals surface area contributed by atoms with Crippen molar-refractivity contribution in [2.45, 2.75) is 88.9 Å². The lowest BCUT2D eigenvalue weighted by Crippen LogP contribution is -2.45. The second kappa shape index (κ2) is 16.6. The van der Waals surface area contributed by atoms with E-state index in [0.717, 1.165) is 69.4 Å². The van der Waals surface area contributed by atoms with Crippen molar-refractivity contribution in [2.75, 3.05) is 61.5 Å². The number of piperidine rings is 2. The molecule has 1 aromatic carbocycles. The van der Waals surface area contributed by atoms with Crippen molar-refractivity contribution in [3.8, 4) is 0 Å². The zero-order valence-corrected chi connectivity index (χ0v) is 34.7. The molecular weight excluding hydrogens is 791 g/mol. The van der Waals surface area contributed by atoms with E-state index in [0.29, 0.717) is 48.6 Å².